The summed E-state index contributed by atoms with van der Waals surface area (Å²) in [6.07, 6.45) is 4.66. The maximum Gasteiger partial charge on any atom is 0.274 e. The Hall–Kier alpha value is -2.83. The molecule has 0 spiro atoms. The second-order valence-electron chi connectivity index (χ2n) is 6.04. The SMILES string of the molecule is COc1ccccc1C(=O)Nc1cnn(C)c1C(=O)N1CCCCC1. The number of likely N-dealkylation sites (tertiary alicyclic amines) is 1. The molecule has 1 aliphatic rings. The second-order valence-corrected chi connectivity index (χ2v) is 6.04. The van der Waals surface area contributed by atoms with Crippen molar-refractivity contribution in [1.82, 2.24) is 14.7 Å². The lowest BCUT2D eigenvalue weighted by Crippen LogP contribution is -2.37. The minimum Gasteiger partial charge on any atom is -0.496 e. The Labute approximate surface area is 146 Å². The number of aryl methyl sites for hydroxylation is 1. The molecule has 0 atom stereocenters. The molecule has 3 rings (SSSR count). The van der Waals surface area contributed by atoms with Gasteiger partial charge in [0.25, 0.3) is 11.8 Å². The second kappa shape index (κ2) is 7.38. The first-order chi connectivity index (χ1) is 12.1. The van der Waals surface area contributed by atoms with Gasteiger partial charge in [-0.05, 0) is 31.4 Å². The fourth-order valence-electron chi connectivity index (χ4n) is 3.05. The van der Waals surface area contributed by atoms with E-state index in [4.69, 9.17) is 4.74 Å². The monoisotopic (exact) mass is 342 g/mol. The van der Waals surface area contributed by atoms with Gasteiger partial charge < -0.3 is 15.0 Å². The quantitative estimate of drug-likeness (QED) is 0.925. The number of hydrogen-bond donors (Lipinski definition) is 1. The maximum absolute atomic E-state index is 12.8. The third-order valence-electron chi connectivity index (χ3n) is 4.38. The summed E-state index contributed by atoms with van der Waals surface area (Å²) in [7, 11) is 3.22. The standard InChI is InChI=1S/C18H22N4O3/c1-21-16(18(24)22-10-6-3-7-11-22)14(12-19-21)20-17(23)13-8-4-5-9-15(13)25-2/h4-5,8-9,12H,3,6-7,10-11H2,1-2H3,(H,20,23). The van der Waals surface area contributed by atoms with Crippen LogP contribution in [-0.2, 0) is 7.05 Å². The molecule has 1 saturated heterocycles. The zero-order chi connectivity index (χ0) is 17.8. The number of anilines is 1. The number of nitrogens with one attached hydrogen (secondary N) is 1. The van der Waals surface area contributed by atoms with Crippen molar-refractivity contribution in [3.8, 4) is 5.75 Å². The van der Waals surface area contributed by atoms with Crippen molar-refractivity contribution in [3.63, 3.8) is 0 Å². The van der Waals surface area contributed by atoms with Crippen LogP contribution in [0.3, 0.4) is 0 Å². The summed E-state index contributed by atoms with van der Waals surface area (Å²) in [4.78, 5) is 27.3. The number of para-hydroxylation sites is 1. The van der Waals surface area contributed by atoms with E-state index in [1.165, 1.54) is 18.0 Å². The number of rotatable bonds is 4. The summed E-state index contributed by atoms with van der Waals surface area (Å²) in [5, 5.41) is 6.94. The van der Waals surface area contributed by atoms with Gasteiger partial charge in [0.15, 0.2) is 0 Å². The molecule has 1 fully saturated rings. The van der Waals surface area contributed by atoms with Crippen molar-refractivity contribution in [2.24, 2.45) is 7.05 Å². The predicted molar refractivity (Wildman–Crippen MR) is 93.9 cm³/mol. The average molecular weight is 342 g/mol. The molecule has 7 nitrogen and oxygen atoms in total. The van der Waals surface area contributed by atoms with Crippen LogP contribution in [0.4, 0.5) is 5.69 Å². The summed E-state index contributed by atoms with van der Waals surface area (Å²) in [5.41, 5.74) is 1.21. The highest BCUT2D eigenvalue weighted by molar-refractivity contribution is 6.09. The zero-order valence-electron chi connectivity index (χ0n) is 14.5. The third-order valence-corrected chi connectivity index (χ3v) is 4.38. The van der Waals surface area contributed by atoms with E-state index < -0.39 is 0 Å². The van der Waals surface area contributed by atoms with Crippen LogP contribution in [0.25, 0.3) is 0 Å². The van der Waals surface area contributed by atoms with Gasteiger partial charge in [0, 0.05) is 20.1 Å². The van der Waals surface area contributed by atoms with Crippen molar-refractivity contribution >= 4 is 17.5 Å². The summed E-state index contributed by atoms with van der Waals surface area (Å²) in [6.45, 7) is 1.48. The molecule has 132 valence electrons. The smallest absolute Gasteiger partial charge is 0.274 e. The molecule has 25 heavy (non-hydrogen) atoms. The lowest BCUT2D eigenvalue weighted by Gasteiger charge is -2.27. The molecular weight excluding hydrogens is 320 g/mol. The molecule has 0 aliphatic carbocycles. The van der Waals surface area contributed by atoms with Crippen LogP contribution in [0.1, 0.15) is 40.1 Å². The number of amides is 2. The molecule has 7 heteroatoms. The molecule has 2 amide bonds. The lowest BCUT2D eigenvalue weighted by atomic mass is 10.1. The number of nitrogens with zero attached hydrogens (tertiary/aromatic N) is 3. The molecule has 2 aromatic rings. The van der Waals surface area contributed by atoms with E-state index in [2.05, 4.69) is 10.4 Å². The Kier molecular flexibility index (Phi) is 5.02. The first-order valence-corrected chi connectivity index (χ1v) is 8.37. The summed E-state index contributed by atoms with van der Waals surface area (Å²) < 4.78 is 6.73. The van der Waals surface area contributed by atoms with Crippen molar-refractivity contribution in [3.05, 3.63) is 41.7 Å². The predicted octanol–water partition coefficient (Wildman–Crippen LogP) is 2.31. The van der Waals surface area contributed by atoms with Gasteiger partial charge in [0.05, 0.1) is 24.6 Å². The van der Waals surface area contributed by atoms with Crippen LogP contribution in [0.2, 0.25) is 0 Å². The highest BCUT2D eigenvalue weighted by atomic mass is 16.5. The number of carbonyl (C=O) groups is 2. The average Bonchev–Trinajstić information content (AvgIpc) is 3.01. The van der Waals surface area contributed by atoms with Crippen LogP contribution in [0, 0.1) is 0 Å². The molecule has 0 bridgehead atoms. The van der Waals surface area contributed by atoms with Gasteiger partial charge in [0.1, 0.15) is 11.4 Å². The fraction of sp³-hybridized carbons (Fsp3) is 0.389. The van der Waals surface area contributed by atoms with Crippen LogP contribution in [-0.4, -0.2) is 46.7 Å². The zero-order valence-corrected chi connectivity index (χ0v) is 14.5. The molecule has 1 aromatic carbocycles. The van der Waals surface area contributed by atoms with Crippen LogP contribution in [0.5, 0.6) is 5.75 Å². The number of benzene rings is 1. The first kappa shape index (κ1) is 17.0. The van der Waals surface area contributed by atoms with Gasteiger partial charge in [-0.1, -0.05) is 12.1 Å². The van der Waals surface area contributed by atoms with Gasteiger partial charge in [-0.2, -0.15) is 5.10 Å². The van der Waals surface area contributed by atoms with E-state index >= 15 is 0 Å². The Bertz CT molecular complexity index is 778. The van der Waals surface area contributed by atoms with E-state index in [0.717, 1.165) is 32.4 Å². The minimum absolute atomic E-state index is 0.102. The molecular formula is C18H22N4O3. The Balaban J connectivity index is 1.84. The number of methoxy groups -OCH3 is 1. The largest absolute Gasteiger partial charge is 0.496 e. The van der Waals surface area contributed by atoms with Gasteiger partial charge in [-0.25, -0.2) is 0 Å². The normalized spacial score (nSPS) is 14.2. The van der Waals surface area contributed by atoms with Gasteiger partial charge in [-0.15, -0.1) is 0 Å². The lowest BCUT2D eigenvalue weighted by molar-refractivity contribution is 0.0714. The van der Waals surface area contributed by atoms with E-state index in [-0.39, 0.29) is 11.8 Å². The fourth-order valence-corrected chi connectivity index (χ4v) is 3.05. The van der Waals surface area contributed by atoms with Gasteiger partial charge in [0.2, 0.25) is 0 Å². The van der Waals surface area contributed by atoms with Crippen LogP contribution in [0.15, 0.2) is 30.5 Å². The molecule has 1 N–H and O–H groups in total. The van der Waals surface area contributed by atoms with E-state index in [9.17, 15) is 9.59 Å². The number of hydrogen-bond acceptors (Lipinski definition) is 4. The minimum atomic E-state index is -0.335. The maximum atomic E-state index is 12.8. The number of aromatic nitrogens is 2. The van der Waals surface area contributed by atoms with Crippen molar-refractivity contribution in [2.75, 3.05) is 25.5 Å². The van der Waals surface area contributed by atoms with Crippen LogP contribution < -0.4 is 10.1 Å². The van der Waals surface area contributed by atoms with E-state index in [1.807, 2.05) is 4.90 Å². The molecule has 0 unspecified atom stereocenters. The number of ether oxygens (including phenoxy) is 1. The van der Waals surface area contributed by atoms with Crippen molar-refractivity contribution in [2.45, 2.75) is 19.3 Å². The number of carbonyl (C=O) groups excluding carboxylic acids is 2. The first-order valence-electron chi connectivity index (χ1n) is 8.37. The van der Waals surface area contributed by atoms with Gasteiger partial charge in [-0.3, -0.25) is 14.3 Å². The van der Waals surface area contributed by atoms with Crippen molar-refractivity contribution in [1.29, 1.82) is 0 Å². The van der Waals surface area contributed by atoms with Crippen molar-refractivity contribution < 1.29 is 14.3 Å². The highest BCUT2D eigenvalue weighted by Crippen LogP contribution is 2.22. The number of piperidine rings is 1. The van der Waals surface area contributed by atoms with Gasteiger partial charge >= 0.3 is 0 Å². The molecule has 0 radical (unpaired) electrons. The Morgan fingerprint density at radius 2 is 1.88 bits per heavy atom. The summed E-state index contributed by atoms with van der Waals surface area (Å²) >= 11 is 0. The molecule has 0 saturated carbocycles. The van der Waals surface area contributed by atoms with E-state index in [0.29, 0.717) is 22.7 Å². The summed E-state index contributed by atoms with van der Waals surface area (Å²) in [5.74, 6) is 0.0426. The summed E-state index contributed by atoms with van der Waals surface area (Å²) in [6, 6.07) is 6.96. The topological polar surface area (TPSA) is 76.5 Å². The Morgan fingerprint density at radius 3 is 2.60 bits per heavy atom. The highest BCUT2D eigenvalue weighted by Gasteiger charge is 2.25. The molecule has 2 heterocycles. The molecule has 1 aliphatic heterocycles. The Morgan fingerprint density at radius 1 is 1.16 bits per heavy atom. The van der Waals surface area contributed by atoms with Crippen LogP contribution >= 0.6 is 0 Å². The molecule has 1 aromatic heterocycles. The third kappa shape index (κ3) is 3.50. The van der Waals surface area contributed by atoms with E-state index in [1.54, 1.807) is 31.3 Å².